The highest BCUT2D eigenvalue weighted by Gasteiger charge is 2.35. The fourth-order valence-corrected chi connectivity index (χ4v) is 5.45. The zero-order chi connectivity index (χ0) is 24.7. The fraction of sp³-hybridized carbons (Fsp3) is 0.586. The average molecular weight is 494 g/mol. The van der Waals surface area contributed by atoms with E-state index in [1.807, 2.05) is 24.3 Å². The van der Waals surface area contributed by atoms with Crippen LogP contribution in [-0.4, -0.2) is 59.4 Å². The van der Waals surface area contributed by atoms with E-state index in [1.165, 1.54) is 18.4 Å². The van der Waals surface area contributed by atoms with Crippen molar-refractivity contribution >= 4 is 11.8 Å². The molecule has 194 valence electrons. The zero-order valence-corrected chi connectivity index (χ0v) is 21.2. The van der Waals surface area contributed by atoms with Crippen molar-refractivity contribution in [2.24, 2.45) is 0 Å². The molecule has 3 heterocycles. The van der Waals surface area contributed by atoms with E-state index in [1.54, 1.807) is 0 Å². The van der Waals surface area contributed by atoms with Crippen LogP contribution < -0.4 is 5.32 Å². The van der Waals surface area contributed by atoms with Crippen LogP contribution in [0.25, 0.3) is 0 Å². The molecule has 0 spiro atoms. The van der Waals surface area contributed by atoms with Crippen molar-refractivity contribution in [2.45, 2.75) is 82.6 Å². The highest BCUT2D eigenvalue weighted by molar-refractivity contribution is 5.76. The van der Waals surface area contributed by atoms with E-state index in [0.29, 0.717) is 25.9 Å². The zero-order valence-electron chi connectivity index (χ0n) is 21.2. The molecule has 0 amide bonds. The van der Waals surface area contributed by atoms with Crippen LogP contribution in [0.5, 0.6) is 0 Å². The van der Waals surface area contributed by atoms with Crippen LogP contribution in [-0.2, 0) is 33.7 Å². The topological polar surface area (TPSA) is 83.9 Å². The number of carboxylic acid groups (broad SMARTS) is 1. The Balaban J connectivity index is 1.08. The first-order valence-corrected chi connectivity index (χ1v) is 13.7. The van der Waals surface area contributed by atoms with Crippen LogP contribution >= 0.6 is 0 Å². The Labute approximate surface area is 214 Å². The van der Waals surface area contributed by atoms with E-state index in [0.717, 1.165) is 80.7 Å². The van der Waals surface area contributed by atoms with Crippen molar-refractivity contribution in [2.75, 3.05) is 31.6 Å². The van der Waals surface area contributed by atoms with Crippen LogP contribution in [0.3, 0.4) is 0 Å². The number of hydrogen-bond acceptors (Lipinski definition) is 6. The summed E-state index contributed by atoms with van der Waals surface area (Å²) in [5.41, 5.74) is 4.29. The summed E-state index contributed by atoms with van der Waals surface area (Å²) in [5, 5.41) is 13.5. The number of rotatable bonds is 12. The molecule has 1 saturated heterocycles. The quantitative estimate of drug-likeness (QED) is 0.413. The van der Waals surface area contributed by atoms with Crippen molar-refractivity contribution < 1.29 is 19.4 Å². The fourth-order valence-electron chi connectivity index (χ4n) is 5.45. The summed E-state index contributed by atoms with van der Waals surface area (Å²) in [7, 11) is 0. The Morgan fingerprint density at radius 2 is 1.97 bits per heavy atom. The number of nitrogens with zero attached hydrogens (tertiary/aromatic N) is 2. The number of anilines is 1. The van der Waals surface area contributed by atoms with Crippen LogP contribution in [0.15, 0.2) is 36.4 Å². The number of carboxylic acids is 1. The standard InChI is InChI=1S/C29H39N3O4/c33-29(34)27(26-12-2-1-7-22(26)20-36-24-10-5-11-24)32-17-15-25(19-32)35-18-4-3-9-23-14-13-21-8-6-16-30-28(21)31-23/h1-2,7,12-14,24-25,27H,3-6,8-11,15-20H2,(H,30,31)(H,33,34)/t25-,27?/m1/s1. The van der Waals surface area contributed by atoms with Gasteiger partial charge in [-0.25, -0.2) is 4.98 Å². The number of aliphatic carboxylic acids is 1. The van der Waals surface area contributed by atoms with Crippen LogP contribution in [0.1, 0.15) is 73.4 Å². The van der Waals surface area contributed by atoms with Crippen molar-refractivity contribution in [3.63, 3.8) is 0 Å². The third kappa shape index (κ3) is 6.25. The first kappa shape index (κ1) is 25.2. The molecule has 3 aliphatic rings. The second kappa shape index (κ2) is 12.2. The maximum Gasteiger partial charge on any atom is 0.325 e. The summed E-state index contributed by atoms with van der Waals surface area (Å²) in [6.45, 7) is 3.56. The third-order valence-corrected chi connectivity index (χ3v) is 7.78. The number of unbranched alkanes of at least 4 members (excludes halogenated alkanes) is 1. The molecule has 1 aromatic heterocycles. The number of nitrogens with one attached hydrogen (secondary N) is 1. The molecule has 2 aromatic rings. The van der Waals surface area contributed by atoms with Crippen LogP contribution in [0.2, 0.25) is 0 Å². The highest BCUT2D eigenvalue weighted by Crippen LogP contribution is 2.31. The molecule has 7 nitrogen and oxygen atoms in total. The molecule has 36 heavy (non-hydrogen) atoms. The molecule has 7 heteroatoms. The predicted molar refractivity (Wildman–Crippen MR) is 139 cm³/mol. The van der Waals surface area contributed by atoms with E-state index in [9.17, 15) is 9.90 Å². The molecule has 2 atom stereocenters. The Bertz CT molecular complexity index is 1030. The average Bonchev–Trinajstić information content (AvgIpc) is 3.32. The highest BCUT2D eigenvalue weighted by atomic mass is 16.5. The largest absolute Gasteiger partial charge is 0.480 e. The summed E-state index contributed by atoms with van der Waals surface area (Å²) in [4.78, 5) is 19.2. The summed E-state index contributed by atoms with van der Waals surface area (Å²) in [6, 6.07) is 11.5. The molecule has 1 unspecified atom stereocenters. The number of aromatic nitrogens is 1. The molecule has 0 radical (unpaired) electrons. The van der Waals surface area contributed by atoms with Gasteiger partial charge in [0.2, 0.25) is 0 Å². The van der Waals surface area contributed by atoms with Gasteiger partial charge in [0, 0.05) is 31.9 Å². The third-order valence-electron chi connectivity index (χ3n) is 7.78. The Kier molecular flexibility index (Phi) is 8.51. The normalized spacial score (nSPS) is 20.9. The summed E-state index contributed by atoms with van der Waals surface area (Å²) in [5.74, 6) is 0.254. The number of pyridine rings is 1. The van der Waals surface area contributed by atoms with E-state index >= 15 is 0 Å². The van der Waals surface area contributed by atoms with Gasteiger partial charge in [0.05, 0.1) is 18.8 Å². The Hall–Kier alpha value is -2.48. The van der Waals surface area contributed by atoms with Gasteiger partial charge in [0.1, 0.15) is 11.9 Å². The number of likely N-dealkylation sites (tertiary alicyclic amines) is 1. The van der Waals surface area contributed by atoms with Crippen molar-refractivity contribution in [1.82, 2.24) is 9.88 Å². The van der Waals surface area contributed by atoms with E-state index in [2.05, 4.69) is 22.3 Å². The second-order valence-corrected chi connectivity index (χ2v) is 10.4. The minimum atomic E-state index is -0.807. The molecule has 1 aliphatic carbocycles. The van der Waals surface area contributed by atoms with Crippen molar-refractivity contribution in [3.05, 3.63) is 58.8 Å². The number of ether oxygens (including phenoxy) is 2. The monoisotopic (exact) mass is 493 g/mol. The molecule has 2 aliphatic heterocycles. The Morgan fingerprint density at radius 3 is 2.81 bits per heavy atom. The van der Waals surface area contributed by atoms with E-state index < -0.39 is 12.0 Å². The van der Waals surface area contributed by atoms with Gasteiger partial charge in [0.15, 0.2) is 0 Å². The summed E-state index contributed by atoms with van der Waals surface area (Å²) < 4.78 is 12.2. The molecule has 2 N–H and O–H groups in total. The number of aryl methyl sites for hydroxylation is 2. The molecular weight excluding hydrogens is 454 g/mol. The minimum Gasteiger partial charge on any atom is -0.480 e. The molecule has 1 saturated carbocycles. The molecule has 5 rings (SSSR count). The van der Waals surface area contributed by atoms with E-state index in [-0.39, 0.29) is 6.10 Å². The van der Waals surface area contributed by atoms with Crippen molar-refractivity contribution in [1.29, 1.82) is 0 Å². The first-order valence-electron chi connectivity index (χ1n) is 13.7. The molecule has 2 fully saturated rings. The SMILES string of the molecule is O=C(O)C(c1ccccc1COC1CCC1)N1CC[C@@H](OCCCCc2ccc3c(n2)NCCC3)C1. The maximum atomic E-state index is 12.3. The van der Waals surface area contributed by atoms with Gasteiger partial charge in [-0.1, -0.05) is 30.3 Å². The lowest BCUT2D eigenvalue weighted by Gasteiger charge is -2.28. The lowest BCUT2D eigenvalue weighted by atomic mass is 9.95. The molecule has 0 bridgehead atoms. The van der Waals surface area contributed by atoms with Crippen molar-refractivity contribution in [3.8, 4) is 0 Å². The predicted octanol–water partition coefficient (Wildman–Crippen LogP) is 4.75. The first-order chi connectivity index (χ1) is 17.7. The second-order valence-electron chi connectivity index (χ2n) is 10.4. The van der Waals surface area contributed by atoms with Gasteiger partial charge in [-0.15, -0.1) is 0 Å². The number of benzene rings is 1. The summed E-state index contributed by atoms with van der Waals surface area (Å²) in [6.07, 6.45) is 9.97. The van der Waals surface area contributed by atoms with Gasteiger partial charge in [-0.3, -0.25) is 9.69 Å². The van der Waals surface area contributed by atoms with Crippen LogP contribution in [0, 0.1) is 0 Å². The van der Waals surface area contributed by atoms with Gasteiger partial charge in [-0.05, 0) is 80.5 Å². The number of fused-ring (bicyclic) bond motifs is 1. The molecular formula is C29H39N3O4. The minimum absolute atomic E-state index is 0.0799. The lowest BCUT2D eigenvalue weighted by molar-refractivity contribution is -0.143. The van der Waals surface area contributed by atoms with Gasteiger partial charge in [0.25, 0.3) is 0 Å². The molecule has 1 aromatic carbocycles. The van der Waals surface area contributed by atoms with Gasteiger partial charge >= 0.3 is 5.97 Å². The Morgan fingerprint density at radius 1 is 1.08 bits per heavy atom. The van der Waals surface area contributed by atoms with Crippen LogP contribution in [0.4, 0.5) is 5.82 Å². The van der Waals surface area contributed by atoms with E-state index in [4.69, 9.17) is 14.5 Å². The van der Waals surface area contributed by atoms with Gasteiger partial charge in [-0.2, -0.15) is 0 Å². The van der Waals surface area contributed by atoms with Gasteiger partial charge < -0.3 is 19.9 Å². The summed E-state index contributed by atoms with van der Waals surface area (Å²) >= 11 is 0. The maximum absolute atomic E-state index is 12.3. The smallest absolute Gasteiger partial charge is 0.325 e. The lowest BCUT2D eigenvalue weighted by Crippen LogP contribution is -2.34. The number of hydrogen-bond donors (Lipinski definition) is 2. The number of carbonyl (C=O) groups is 1.